The third-order valence-electron chi connectivity index (χ3n) is 3.45. The van der Waals surface area contributed by atoms with E-state index in [4.69, 9.17) is 4.74 Å². The van der Waals surface area contributed by atoms with Crippen LogP contribution >= 0.6 is 11.8 Å². The summed E-state index contributed by atoms with van der Waals surface area (Å²) in [5.41, 5.74) is 1.47. The normalized spacial score (nSPS) is 18.6. The number of thioether (sulfide) groups is 1. The molecule has 6 heteroatoms. The fourth-order valence-corrected chi connectivity index (χ4v) is 3.22. The maximum absolute atomic E-state index is 12.3. The molecule has 2 N–H and O–H groups in total. The van der Waals surface area contributed by atoms with Crippen LogP contribution < -0.4 is 5.56 Å². The number of hydrogen-bond donors (Lipinski definition) is 2. The third-order valence-corrected chi connectivity index (χ3v) is 4.45. The molecule has 2 heterocycles. The lowest BCUT2D eigenvalue weighted by molar-refractivity contribution is 0.0688. The molecular formula is C15H16N2O3S. The van der Waals surface area contributed by atoms with Crippen LogP contribution in [0.25, 0.3) is 11.1 Å². The molecule has 1 aliphatic heterocycles. The van der Waals surface area contributed by atoms with Gasteiger partial charge in [0.2, 0.25) is 5.88 Å². The zero-order valence-corrected chi connectivity index (χ0v) is 12.4. The Hall–Kier alpha value is -1.79. The number of hydrogen-bond acceptors (Lipinski definition) is 5. The predicted octanol–water partition coefficient (Wildman–Crippen LogP) is 2.26. The smallest absolute Gasteiger partial charge is 0.262 e. The Morgan fingerprint density at radius 3 is 2.90 bits per heavy atom. The van der Waals surface area contributed by atoms with E-state index in [2.05, 4.69) is 9.97 Å². The molecule has 3 rings (SSSR count). The van der Waals surface area contributed by atoms with Crippen LogP contribution in [0.1, 0.15) is 17.5 Å². The van der Waals surface area contributed by atoms with Gasteiger partial charge in [-0.15, -0.1) is 0 Å². The molecule has 0 aliphatic carbocycles. The number of ether oxygens (including phenoxy) is 1. The van der Waals surface area contributed by atoms with Crippen LogP contribution in [0.15, 0.2) is 29.1 Å². The molecule has 5 nitrogen and oxygen atoms in total. The highest BCUT2D eigenvalue weighted by molar-refractivity contribution is 7.99. The Labute approximate surface area is 126 Å². The highest BCUT2D eigenvalue weighted by Gasteiger charge is 2.22. The first-order chi connectivity index (χ1) is 10.2. The van der Waals surface area contributed by atoms with E-state index >= 15 is 0 Å². The van der Waals surface area contributed by atoms with Crippen LogP contribution in [0.5, 0.6) is 5.88 Å². The summed E-state index contributed by atoms with van der Waals surface area (Å²) in [5.74, 6) is 1.81. The maximum atomic E-state index is 12.3. The molecule has 21 heavy (non-hydrogen) atoms. The minimum atomic E-state index is -0.342. The molecule has 1 unspecified atom stereocenters. The van der Waals surface area contributed by atoms with Crippen LogP contribution in [0.3, 0.4) is 0 Å². The molecule has 1 atom stereocenters. The van der Waals surface area contributed by atoms with Crippen LogP contribution in [0, 0.1) is 6.92 Å². The number of aromatic nitrogens is 2. The Kier molecular flexibility index (Phi) is 3.98. The molecule has 0 amide bonds. The van der Waals surface area contributed by atoms with E-state index in [1.54, 1.807) is 17.8 Å². The first kappa shape index (κ1) is 14.2. The van der Waals surface area contributed by atoms with Crippen LogP contribution in [-0.2, 0) is 4.74 Å². The molecule has 0 spiro atoms. The average molecular weight is 304 g/mol. The van der Waals surface area contributed by atoms with E-state index in [0.717, 1.165) is 17.1 Å². The minimum Gasteiger partial charge on any atom is -0.493 e. The van der Waals surface area contributed by atoms with Gasteiger partial charge in [-0.05, 0) is 18.1 Å². The van der Waals surface area contributed by atoms with Crippen molar-refractivity contribution in [2.75, 3.05) is 18.1 Å². The highest BCUT2D eigenvalue weighted by atomic mass is 32.2. The second-order valence-corrected chi connectivity index (χ2v) is 6.05. The number of H-pyrrole nitrogens is 1. The number of rotatable bonds is 2. The van der Waals surface area contributed by atoms with Crippen molar-refractivity contribution in [1.82, 2.24) is 9.97 Å². The lowest BCUT2D eigenvalue weighted by Crippen LogP contribution is -2.22. The Balaban J connectivity index is 2.05. The number of nitrogens with zero attached hydrogens (tertiary/aromatic N) is 1. The van der Waals surface area contributed by atoms with Crippen molar-refractivity contribution < 1.29 is 9.84 Å². The standard InChI is InChI=1S/C15H16N2O3S/c1-9-4-2-3-5-10(9)12-14(18)16-13(17-15(12)19)11-8-21-7-6-20-11/h2-5,11H,6-8H2,1H3,(H2,16,17,18,19). The molecule has 1 saturated heterocycles. The minimum absolute atomic E-state index is 0.209. The molecule has 1 aromatic heterocycles. The zero-order valence-electron chi connectivity index (χ0n) is 11.6. The van der Waals surface area contributed by atoms with Crippen molar-refractivity contribution >= 4 is 11.8 Å². The Morgan fingerprint density at radius 1 is 1.43 bits per heavy atom. The highest BCUT2D eigenvalue weighted by Crippen LogP contribution is 2.29. The second-order valence-electron chi connectivity index (χ2n) is 4.90. The summed E-state index contributed by atoms with van der Waals surface area (Å²) in [6.45, 7) is 2.52. The van der Waals surface area contributed by atoms with Gasteiger partial charge in [-0.3, -0.25) is 4.79 Å². The zero-order chi connectivity index (χ0) is 14.8. The van der Waals surface area contributed by atoms with Gasteiger partial charge in [0.05, 0.1) is 6.61 Å². The lowest BCUT2D eigenvalue weighted by Gasteiger charge is -2.21. The molecule has 1 fully saturated rings. The summed E-state index contributed by atoms with van der Waals surface area (Å²) >= 11 is 1.74. The predicted molar refractivity (Wildman–Crippen MR) is 82.7 cm³/mol. The van der Waals surface area contributed by atoms with Crippen LogP contribution in [0.4, 0.5) is 0 Å². The number of nitrogens with one attached hydrogen (secondary N) is 1. The van der Waals surface area contributed by atoms with Crippen molar-refractivity contribution in [3.8, 4) is 17.0 Å². The number of aryl methyl sites for hydroxylation is 1. The van der Waals surface area contributed by atoms with Crippen molar-refractivity contribution in [2.24, 2.45) is 0 Å². The van der Waals surface area contributed by atoms with E-state index in [0.29, 0.717) is 18.0 Å². The van der Waals surface area contributed by atoms with E-state index in [-0.39, 0.29) is 23.1 Å². The monoisotopic (exact) mass is 304 g/mol. The van der Waals surface area contributed by atoms with Crippen LogP contribution in [0.2, 0.25) is 0 Å². The summed E-state index contributed by atoms with van der Waals surface area (Å²) in [5, 5.41) is 10.2. The van der Waals surface area contributed by atoms with E-state index in [1.807, 2.05) is 25.1 Å². The maximum Gasteiger partial charge on any atom is 0.262 e. The van der Waals surface area contributed by atoms with Crippen molar-refractivity contribution in [3.63, 3.8) is 0 Å². The Morgan fingerprint density at radius 2 is 2.24 bits per heavy atom. The van der Waals surface area contributed by atoms with Gasteiger partial charge in [0.1, 0.15) is 17.5 Å². The quantitative estimate of drug-likeness (QED) is 0.890. The number of benzene rings is 1. The van der Waals surface area contributed by atoms with Crippen molar-refractivity contribution in [3.05, 3.63) is 46.0 Å². The van der Waals surface area contributed by atoms with Gasteiger partial charge in [0.25, 0.3) is 5.56 Å². The van der Waals surface area contributed by atoms with Gasteiger partial charge in [-0.25, -0.2) is 0 Å². The lowest BCUT2D eigenvalue weighted by atomic mass is 10.0. The van der Waals surface area contributed by atoms with Gasteiger partial charge in [-0.1, -0.05) is 24.3 Å². The fraction of sp³-hybridized carbons (Fsp3) is 0.333. The SMILES string of the molecule is Cc1ccccc1-c1c(O)nc(C2CSCCO2)[nH]c1=O. The van der Waals surface area contributed by atoms with Crippen molar-refractivity contribution in [1.29, 1.82) is 0 Å². The number of aromatic hydroxyl groups is 1. The second kappa shape index (κ2) is 5.91. The average Bonchev–Trinajstić information content (AvgIpc) is 2.49. The summed E-state index contributed by atoms with van der Waals surface area (Å²) < 4.78 is 5.58. The Bertz CT molecular complexity index is 708. The topological polar surface area (TPSA) is 75.2 Å². The summed E-state index contributed by atoms with van der Waals surface area (Å²) in [4.78, 5) is 19.2. The molecule has 0 saturated carbocycles. The third kappa shape index (κ3) is 2.82. The van der Waals surface area contributed by atoms with E-state index in [1.165, 1.54) is 0 Å². The van der Waals surface area contributed by atoms with Crippen LogP contribution in [-0.4, -0.2) is 33.2 Å². The molecule has 1 aromatic carbocycles. The molecule has 0 radical (unpaired) electrons. The first-order valence-corrected chi connectivity index (χ1v) is 7.91. The van der Waals surface area contributed by atoms with Gasteiger partial charge in [-0.2, -0.15) is 16.7 Å². The molecule has 110 valence electrons. The van der Waals surface area contributed by atoms with E-state index < -0.39 is 0 Å². The molecular weight excluding hydrogens is 288 g/mol. The summed E-state index contributed by atoms with van der Waals surface area (Å²) in [7, 11) is 0. The van der Waals surface area contributed by atoms with Gasteiger partial charge in [0.15, 0.2) is 0 Å². The summed E-state index contributed by atoms with van der Waals surface area (Å²) in [6, 6.07) is 7.41. The fourth-order valence-electron chi connectivity index (χ4n) is 2.37. The number of aromatic amines is 1. The van der Waals surface area contributed by atoms with E-state index in [9.17, 15) is 9.90 Å². The van der Waals surface area contributed by atoms with Gasteiger partial charge < -0.3 is 14.8 Å². The largest absolute Gasteiger partial charge is 0.493 e. The molecule has 1 aliphatic rings. The van der Waals surface area contributed by atoms with Gasteiger partial charge in [0, 0.05) is 11.5 Å². The molecule has 0 bridgehead atoms. The van der Waals surface area contributed by atoms with Gasteiger partial charge >= 0.3 is 0 Å². The molecule has 2 aromatic rings. The summed E-state index contributed by atoms with van der Waals surface area (Å²) in [6.07, 6.45) is -0.270. The van der Waals surface area contributed by atoms with Crippen molar-refractivity contribution in [2.45, 2.75) is 13.0 Å². The first-order valence-electron chi connectivity index (χ1n) is 6.75.